The Bertz CT molecular complexity index is 377. The smallest absolute Gasteiger partial charge is 0.234 e. The van der Waals surface area contributed by atoms with Gasteiger partial charge >= 0.3 is 0 Å². The zero-order valence-corrected chi connectivity index (χ0v) is 10.4. The first-order valence-corrected chi connectivity index (χ1v) is 6.45. The number of amides is 1. The number of aliphatic hydroxyl groups is 1. The summed E-state index contributed by atoms with van der Waals surface area (Å²) in [5, 5.41) is 15.3. The second-order valence-corrected chi connectivity index (χ2v) is 4.79. The van der Waals surface area contributed by atoms with Crippen LogP contribution in [0.2, 0.25) is 0 Å². The van der Waals surface area contributed by atoms with E-state index >= 15 is 0 Å². The molecule has 3 N–H and O–H groups in total. The molecule has 1 aromatic rings. The van der Waals surface area contributed by atoms with E-state index in [2.05, 4.69) is 10.6 Å². The molecular formula is C14H20N2O2. The highest BCUT2D eigenvalue weighted by Crippen LogP contribution is 2.27. The molecule has 0 aliphatic heterocycles. The summed E-state index contributed by atoms with van der Waals surface area (Å²) >= 11 is 0. The monoisotopic (exact) mass is 248 g/mol. The number of benzene rings is 1. The number of rotatable bonds is 7. The van der Waals surface area contributed by atoms with Crippen molar-refractivity contribution >= 4 is 5.91 Å². The summed E-state index contributed by atoms with van der Waals surface area (Å²) in [5.41, 5.74) is 0.926. The van der Waals surface area contributed by atoms with Gasteiger partial charge in [0.1, 0.15) is 0 Å². The summed E-state index contributed by atoms with van der Waals surface area (Å²) in [4.78, 5) is 11.7. The van der Waals surface area contributed by atoms with Gasteiger partial charge in [0, 0.05) is 0 Å². The SMILES string of the molecule is O=C(CNCC1CC1)N[C@H](CO)c1ccccc1. The highest BCUT2D eigenvalue weighted by molar-refractivity contribution is 5.78. The summed E-state index contributed by atoms with van der Waals surface area (Å²) in [6.07, 6.45) is 2.55. The maximum atomic E-state index is 11.7. The van der Waals surface area contributed by atoms with Crippen molar-refractivity contribution in [2.75, 3.05) is 19.7 Å². The Morgan fingerprint density at radius 2 is 2.06 bits per heavy atom. The second-order valence-electron chi connectivity index (χ2n) is 4.79. The van der Waals surface area contributed by atoms with E-state index in [1.165, 1.54) is 12.8 Å². The van der Waals surface area contributed by atoms with E-state index in [0.29, 0.717) is 6.54 Å². The zero-order valence-electron chi connectivity index (χ0n) is 10.4. The molecule has 0 heterocycles. The van der Waals surface area contributed by atoms with Gasteiger partial charge in [0.05, 0.1) is 19.2 Å². The topological polar surface area (TPSA) is 61.4 Å². The largest absolute Gasteiger partial charge is 0.394 e. The van der Waals surface area contributed by atoms with E-state index in [9.17, 15) is 9.90 Å². The summed E-state index contributed by atoms with van der Waals surface area (Å²) in [5.74, 6) is 0.694. The summed E-state index contributed by atoms with van der Waals surface area (Å²) in [7, 11) is 0. The Balaban J connectivity index is 1.76. The minimum atomic E-state index is -0.318. The van der Waals surface area contributed by atoms with Crippen molar-refractivity contribution in [3.8, 4) is 0 Å². The Morgan fingerprint density at radius 3 is 2.67 bits per heavy atom. The molecule has 0 radical (unpaired) electrons. The van der Waals surface area contributed by atoms with Crippen molar-refractivity contribution in [2.24, 2.45) is 5.92 Å². The molecule has 1 aromatic carbocycles. The predicted molar refractivity (Wildman–Crippen MR) is 70.0 cm³/mol. The number of carbonyl (C=O) groups is 1. The second kappa shape index (κ2) is 6.52. The van der Waals surface area contributed by atoms with Crippen molar-refractivity contribution in [1.82, 2.24) is 10.6 Å². The minimum Gasteiger partial charge on any atom is -0.394 e. The molecule has 1 aliphatic rings. The van der Waals surface area contributed by atoms with E-state index < -0.39 is 0 Å². The van der Waals surface area contributed by atoms with Crippen molar-refractivity contribution < 1.29 is 9.90 Å². The number of hydrogen-bond acceptors (Lipinski definition) is 3. The average molecular weight is 248 g/mol. The lowest BCUT2D eigenvalue weighted by Gasteiger charge is -2.16. The summed E-state index contributed by atoms with van der Waals surface area (Å²) < 4.78 is 0. The van der Waals surface area contributed by atoms with Crippen LogP contribution in [0.4, 0.5) is 0 Å². The van der Waals surface area contributed by atoms with E-state index in [1.54, 1.807) is 0 Å². The van der Waals surface area contributed by atoms with Crippen LogP contribution in [-0.4, -0.2) is 30.7 Å². The van der Waals surface area contributed by atoms with Gasteiger partial charge in [-0.25, -0.2) is 0 Å². The first-order chi connectivity index (χ1) is 8.79. The third-order valence-electron chi connectivity index (χ3n) is 3.14. The molecule has 0 saturated heterocycles. The van der Waals surface area contributed by atoms with E-state index in [1.807, 2.05) is 30.3 Å². The predicted octanol–water partition coefficient (Wildman–Crippen LogP) is 0.836. The fourth-order valence-electron chi connectivity index (χ4n) is 1.88. The van der Waals surface area contributed by atoms with E-state index in [-0.39, 0.29) is 18.6 Å². The molecule has 1 fully saturated rings. The molecule has 4 nitrogen and oxygen atoms in total. The van der Waals surface area contributed by atoms with Crippen LogP contribution in [0.25, 0.3) is 0 Å². The molecule has 1 amide bonds. The van der Waals surface area contributed by atoms with Gasteiger partial charge < -0.3 is 15.7 Å². The number of carbonyl (C=O) groups excluding carboxylic acids is 1. The lowest BCUT2D eigenvalue weighted by atomic mass is 10.1. The number of hydrogen-bond donors (Lipinski definition) is 3. The maximum Gasteiger partial charge on any atom is 0.234 e. The van der Waals surface area contributed by atoms with Crippen LogP contribution in [0.15, 0.2) is 30.3 Å². The Labute approximate surface area is 107 Å². The van der Waals surface area contributed by atoms with Gasteiger partial charge in [0.15, 0.2) is 0 Å². The summed E-state index contributed by atoms with van der Waals surface area (Å²) in [6.45, 7) is 1.15. The molecule has 4 heteroatoms. The van der Waals surface area contributed by atoms with Gasteiger partial charge in [0.2, 0.25) is 5.91 Å². The van der Waals surface area contributed by atoms with Crippen LogP contribution in [-0.2, 0) is 4.79 Å². The first-order valence-electron chi connectivity index (χ1n) is 6.45. The Hall–Kier alpha value is -1.39. The van der Waals surface area contributed by atoms with E-state index in [0.717, 1.165) is 18.0 Å². The number of nitrogens with one attached hydrogen (secondary N) is 2. The summed E-state index contributed by atoms with van der Waals surface area (Å²) in [6, 6.07) is 9.20. The van der Waals surface area contributed by atoms with Crippen LogP contribution in [0, 0.1) is 5.92 Å². The molecule has 2 rings (SSSR count). The van der Waals surface area contributed by atoms with Gasteiger partial charge in [0.25, 0.3) is 0 Å². The van der Waals surface area contributed by atoms with Crippen LogP contribution >= 0.6 is 0 Å². The van der Waals surface area contributed by atoms with Gasteiger partial charge in [-0.2, -0.15) is 0 Å². The molecule has 18 heavy (non-hydrogen) atoms. The minimum absolute atomic E-state index is 0.0708. The average Bonchev–Trinajstić information content (AvgIpc) is 3.21. The van der Waals surface area contributed by atoms with Crippen molar-refractivity contribution in [3.63, 3.8) is 0 Å². The third-order valence-corrected chi connectivity index (χ3v) is 3.14. The molecule has 98 valence electrons. The number of aliphatic hydroxyl groups excluding tert-OH is 1. The maximum absolute atomic E-state index is 11.7. The molecule has 0 aromatic heterocycles. The molecule has 1 aliphatic carbocycles. The van der Waals surface area contributed by atoms with Crippen LogP contribution in [0.3, 0.4) is 0 Å². The highest BCUT2D eigenvalue weighted by atomic mass is 16.3. The standard InChI is InChI=1S/C14H20N2O2/c17-10-13(12-4-2-1-3-5-12)16-14(18)9-15-8-11-6-7-11/h1-5,11,13,15,17H,6-10H2,(H,16,18)/t13-/m1/s1. The molecule has 0 unspecified atom stereocenters. The molecule has 0 spiro atoms. The Kier molecular flexibility index (Phi) is 4.73. The first kappa shape index (κ1) is 13.1. The van der Waals surface area contributed by atoms with Crippen LogP contribution in [0.1, 0.15) is 24.4 Å². The van der Waals surface area contributed by atoms with Gasteiger partial charge in [-0.1, -0.05) is 30.3 Å². The van der Waals surface area contributed by atoms with Gasteiger partial charge in [-0.05, 0) is 30.9 Å². The van der Waals surface area contributed by atoms with Crippen LogP contribution in [0.5, 0.6) is 0 Å². The van der Waals surface area contributed by atoms with Crippen LogP contribution < -0.4 is 10.6 Å². The van der Waals surface area contributed by atoms with Gasteiger partial charge in [-0.15, -0.1) is 0 Å². The molecule has 0 bridgehead atoms. The van der Waals surface area contributed by atoms with Crippen molar-refractivity contribution in [2.45, 2.75) is 18.9 Å². The van der Waals surface area contributed by atoms with E-state index in [4.69, 9.17) is 0 Å². The van der Waals surface area contributed by atoms with Crippen molar-refractivity contribution in [3.05, 3.63) is 35.9 Å². The molecular weight excluding hydrogens is 228 g/mol. The Morgan fingerprint density at radius 1 is 1.33 bits per heavy atom. The van der Waals surface area contributed by atoms with Crippen molar-refractivity contribution in [1.29, 1.82) is 0 Å². The lowest BCUT2D eigenvalue weighted by molar-refractivity contribution is -0.121. The highest BCUT2D eigenvalue weighted by Gasteiger charge is 2.21. The normalized spacial score (nSPS) is 16.3. The van der Waals surface area contributed by atoms with Gasteiger partial charge in [-0.3, -0.25) is 4.79 Å². The fraction of sp³-hybridized carbons (Fsp3) is 0.500. The molecule has 1 saturated carbocycles. The third kappa shape index (κ3) is 4.13. The lowest BCUT2D eigenvalue weighted by Crippen LogP contribution is -2.38. The quantitative estimate of drug-likeness (QED) is 0.670. The fourth-order valence-corrected chi connectivity index (χ4v) is 1.88. The molecule has 1 atom stereocenters. The zero-order chi connectivity index (χ0) is 12.8.